The fraction of sp³-hybridized carbons (Fsp3) is 0.0526. The molecule has 0 radical (unpaired) electrons. The summed E-state index contributed by atoms with van der Waals surface area (Å²) < 4.78 is 24.9. The predicted octanol–water partition coefficient (Wildman–Crippen LogP) is 3.31. The SMILES string of the molecule is O=C(Nc1nnc(S(=O)(=O)Cc2ccccc2)s1)c1ccnc2ccccc12. The van der Waals surface area contributed by atoms with Gasteiger partial charge in [-0.2, -0.15) is 0 Å². The third kappa shape index (κ3) is 3.75. The highest BCUT2D eigenvalue weighted by molar-refractivity contribution is 7.92. The molecule has 140 valence electrons. The minimum atomic E-state index is -3.64. The molecule has 0 unspecified atom stereocenters. The second-order valence-electron chi connectivity index (χ2n) is 5.95. The summed E-state index contributed by atoms with van der Waals surface area (Å²) >= 11 is 0.830. The van der Waals surface area contributed by atoms with Gasteiger partial charge in [0.25, 0.3) is 5.91 Å². The summed E-state index contributed by atoms with van der Waals surface area (Å²) in [6.45, 7) is 0. The van der Waals surface area contributed by atoms with E-state index in [0.717, 1.165) is 11.3 Å². The Kier molecular flexibility index (Phi) is 4.84. The van der Waals surface area contributed by atoms with Crippen LogP contribution in [0.5, 0.6) is 0 Å². The maximum Gasteiger partial charge on any atom is 0.258 e. The molecule has 0 fully saturated rings. The van der Waals surface area contributed by atoms with Crippen LogP contribution in [0.25, 0.3) is 10.9 Å². The molecule has 0 aliphatic heterocycles. The van der Waals surface area contributed by atoms with Crippen molar-refractivity contribution in [2.24, 2.45) is 0 Å². The zero-order valence-electron chi connectivity index (χ0n) is 14.4. The Balaban J connectivity index is 1.55. The van der Waals surface area contributed by atoms with Crippen molar-refractivity contribution in [1.29, 1.82) is 0 Å². The molecular formula is C19H14N4O3S2. The summed E-state index contributed by atoms with van der Waals surface area (Å²) in [5, 5.41) is 11.0. The number of pyridine rings is 1. The lowest BCUT2D eigenvalue weighted by Gasteiger charge is -2.05. The Morgan fingerprint density at radius 3 is 2.54 bits per heavy atom. The Bertz CT molecular complexity index is 1250. The van der Waals surface area contributed by atoms with Crippen molar-refractivity contribution in [2.75, 3.05) is 5.32 Å². The lowest BCUT2D eigenvalue weighted by atomic mass is 10.1. The molecule has 0 saturated carbocycles. The summed E-state index contributed by atoms with van der Waals surface area (Å²) in [5.74, 6) is -0.576. The molecule has 0 bridgehead atoms. The third-order valence-electron chi connectivity index (χ3n) is 3.99. The Labute approximate surface area is 165 Å². The van der Waals surface area contributed by atoms with Gasteiger partial charge in [0.05, 0.1) is 16.8 Å². The van der Waals surface area contributed by atoms with E-state index in [0.29, 0.717) is 22.0 Å². The number of nitrogens with zero attached hydrogens (tertiary/aromatic N) is 3. The fourth-order valence-corrected chi connectivity index (χ4v) is 5.01. The highest BCUT2D eigenvalue weighted by Gasteiger charge is 2.22. The average Bonchev–Trinajstić information content (AvgIpc) is 3.17. The minimum absolute atomic E-state index is 0.123. The van der Waals surface area contributed by atoms with E-state index in [1.807, 2.05) is 24.3 Å². The maximum absolute atomic E-state index is 12.6. The number of aromatic nitrogens is 3. The molecule has 7 nitrogen and oxygen atoms in total. The predicted molar refractivity (Wildman–Crippen MR) is 107 cm³/mol. The summed E-state index contributed by atoms with van der Waals surface area (Å²) in [6.07, 6.45) is 1.55. The lowest BCUT2D eigenvalue weighted by Crippen LogP contribution is -2.12. The number of fused-ring (bicyclic) bond motifs is 1. The molecule has 4 aromatic rings. The molecule has 28 heavy (non-hydrogen) atoms. The molecule has 0 atom stereocenters. The average molecular weight is 410 g/mol. The van der Waals surface area contributed by atoms with Crippen molar-refractivity contribution in [2.45, 2.75) is 10.1 Å². The number of carbonyl (C=O) groups is 1. The normalized spacial score (nSPS) is 11.4. The molecule has 1 amide bonds. The number of amides is 1. The number of rotatable bonds is 5. The van der Waals surface area contributed by atoms with Crippen LogP contribution in [0, 0.1) is 0 Å². The molecule has 2 aromatic heterocycles. The number of benzene rings is 2. The standard InChI is InChI=1S/C19H14N4O3S2/c24-17(15-10-11-20-16-9-5-4-8-14(15)16)21-18-22-23-19(27-18)28(25,26)12-13-6-2-1-3-7-13/h1-11H,12H2,(H,21,22,24). The number of carbonyl (C=O) groups excluding carboxylic acids is 1. The topological polar surface area (TPSA) is 102 Å². The van der Waals surface area contributed by atoms with E-state index < -0.39 is 15.7 Å². The van der Waals surface area contributed by atoms with Crippen molar-refractivity contribution in [3.8, 4) is 0 Å². The van der Waals surface area contributed by atoms with Gasteiger partial charge in [-0.05, 0) is 17.7 Å². The lowest BCUT2D eigenvalue weighted by molar-refractivity contribution is 0.102. The number of sulfone groups is 1. The van der Waals surface area contributed by atoms with Crippen molar-refractivity contribution in [3.05, 3.63) is 78.0 Å². The van der Waals surface area contributed by atoms with E-state index in [4.69, 9.17) is 0 Å². The van der Waals surface area contributed by atoms with Crippen molar-refractivity contribution in [1.82, 2.24) is 15.2 Å². The third-order valence-corrected chi connectivity index (χ3v) is 6.96. The van der Waals surface area contributed by atoms with Crippen LogP contribution in [-0.4, -0.2) is 29.5 Å². The van der Waals surface area contributed by atoms with Crippen LogP contribution in [0.3, 0.4) is 0 Å². The number of para-hydroxylation sites is 1. The van der Waals surface area contributed by atoms with Crippen molar-refractivity contribution < 1.29 is 13.2 Å². The van der Waals surface area contributed by atoms with Gasteiger partial charge in [0.1, 0.15) is 0 Å². The van der Waals surface area contributed by atoms with E-state index in [1.54, 1.807) is 42.6 Å². The summed E-state index contributed by atoms with van der Waals surface area (Å²) in [4.78, 5) is 16.9. The van der Waals surface area contributed by atoms with Gasteiger partial charge in [0.2, 0.25) is 19.3 Å². The molecule has 1 N–H and O–H groups in total. The monoisotopic (exact) mass is 410 g/mol. The minimum Gasteiger partial charge on any atom is -0.296 e. The van der Waals surface area contributed by atoms with E-state index in [2.05, 4.69) is 20.5 Å². The van der Waals surface area contributed by atoms with Crippen molar-refractivity contribution in [3.63, 3.8) is 0 Å². The first-order chi connectivity index (χ1) is 13.5. The van der Waals surface area contributed by atoms with E-state index >= 15 is 0 Å². The largest absolute Gasteiger partial charge is 0.296 e. The van der Waals surface area contributed by atoms with Gasteiger partial charge in [-0.25, -0.2) is 8.42 Å². The Hall–Kier alpha value is -3.17. The van der Waals surface area contributed by atoms with E-state index in [-0.39, 0.29) is 15.2 Å². The summed E-state index contributed by atoms with van der Waals surface area (Å²) in [6, 6.07) is 17.7. The second-order valence-corrected chi connectivity index (χ2v) is 9.09. The highest BCUT2D eigenvalue weighted by Crippen LogP contribution is 2.25. The van der Waals surface area contributed by atoms with Crippen LogP contribution in [0.1, 0.15) is 15.9 Å². The molecule has 0 saturated heterocycles. The Morgan fingerprint density at radius 1 is 0.964 bits per heavy atom. The van der Waals surface area contributed by atoms with E-state index in [9.17, 15) is 13.2 Å². The van der Waals surface area contributed by atoms with Crippen LogP contribution < -0.4 is 5.32 Å². The Morgan fingerprint density at radius 2 is 1.71 bits per heavy atom. The van der Waals surface area contributed by atoms with Gasteiger partial charge in [-0.15, -0.1) is 10.2 Å². The van der Waals surface area contributed by atoms with Crippen LogP contribution >= 0.6 is 11.3 Å². The first-order valence-electron chi connectivity index (χ1n) is 8.28. The van der Waals surface area contributed by atoms with Crippen LogP contribution in [0.15, 0.2) is 71.2 Å². The first-order valence-corrected chi connectivity index (χ1v) is 10.7. The zero-order valence-corrected chi connectivity index (χ0v) is 16.1. The zero-order chi connectivity index (χ0) is 19.6. The molecule has 2 aromatic carbocycles. The molecular weight excluding hydrogens is 396 g/mol. The molecule has 9 heteroatoms. The van der Waals surface area contributed by atoms with Crippen LogP contribution in [0.2, 0.25) is 0 Å². The van der Waals surface area contributed by atoms with Gasteiger partial charge < -0.3 is 0 Å². The van der Waals surface area contributed by atoms with Gasteiger partial charge in [-0.3, -0.25) is 15.1 Å². The van der Waals surface area contributed by atoms with Gasteiger partial charge in [-0.1, -0.05) is 59.9 Å². The van der Waals surface area contributed by atoms with Gasteiger partial charge in [0, 0.05) is 11.6 Å². The second kappa shape index (κ2) is 7.45. The van der Waals surface area contributed by atoms with Crippen LogP contribution in [-0.2, 0) is 15.6 Å². The molecule has 0 aliphatic rings. The summed E-state index contributed by atoms with van der Waals surface area (Å²) in [5.41, 5.74) is 1.78. The molecule has 4 rings (SSSR count). The van der Waals surface area contributed by atoms with Crippen LogP contribution in [0.4, 0.5) is 5.13 Å². The van der Waals surface area contributed by atoms with Crippen molar-refractivity contribution >= 4 is 43.1 Å². The highest BCUT2D eigenvalue weighted by atomic mass is 32.2. The maximum atomic E-state index is 12.6. The van der Waals surface area contributed by atoms with E-state index in [1.165, 1.54) is 0 Å². The number of hydrogen-bond acceptors (Lipinski definition) is 7. The molecule has 0 spiro atoms. The summed E-state index contributed by atoms with van der Waals surface area (Å²) in [7, 11) is -3.64. The molecule has 2 heterocycles. The molecule has 0 aliphatic carbocycles. The fourth-order valence-electron chi connectivity index (χ4n) is 2.70. The quantitative estimate of drug-likeness (QED) is 0.507. The number of hydrogen-bond donors (Lipinski definition) is 1. The van der Waals surface area contributed by atoms with Gasteiger partial charge >= 0.3 is 0 Å². The number of anilines is 1. The smallest absolute Gasteiger partial charge is 0.258 e. The first kappa shape index (κ1) is 18.2. The number of nitrogens with one attached hydrogen (secondary N) is 1. The van der Waals surface area contributed by atoms with Gasteiger partial charge in [0.15, 0.2) is 0 Å².